The highest BCUT2D eigenvalue weighted by Crippen LogP contribution is 2.40. The summed E-state index contributed by atoms with van der Waals surface area (Å²) in [6.45, 7) is 1.26. The van der Waals surface area contributed by atoms with Crippen molar-refractivity contribution in [2.75, 3.05) is 10.8 Å². The normalized spacial score (nSPS) is 12.9. The van der Waals surface area contributed by atoms with Crippen LogP contribution in [0.4, 0.5) is 32.0 Å². The third-order valence-electron chi connectivity index (χ3n) is 4.89. The van der Waals surface area contributed by atoms with Crippen LogP contribution in [0.5, 0.6) is 0 Å². The molecule has 1 heterocycles. The SMILES string of the molecule is COC(=O)c1scc(C)c1N(S(=O)(=O)c1ccc(C(F)(F)F)cc1)S(=O)(=O)c1ccc(C(F)(F)F)cc1. The first-order valence-electron chi connectivity index (χ1n) is 9.74. The average molecular weight is 588 g/mol. The van der Waals surface area contributed by atoms with Crippen LogP contribution >= 0.6 is 11.3 Å². The summed E-state index contributed by atoms with van der Waals surface area (Å²) in [6.07, 6.45) is -9.65. The van der Waals surface area contributed by atoms with Gasteiger partial charge in [-0.3, -0.25) is 0 Å². The molecular formula is C21H15F6NO6S3. The number of rotatable bonds is 6. The first-order valence-corrected chi connectivity index (χ1v) is 13.5. The third-order valence-corrected chi connectivity index (χ3v) is 10.1. The predicted octanol–water partition coefficient (Wildman–Crippen LogP) is 5.46. The molecule has 0 spiro atoms. The zero-order valence-corrected chi connectivity index (χ0v) is 21.0. The first-order chi connectivity index (χ1) is 16.9. The topological polar surface area (TPSA) is 97.8 Å². The largest absolute Gasteiger partial charge is 0.465 e. The van der Waals surface area contributed by atoms with Gasteiger partial charge in [0.1, 0.15) is 4.88 Å². The van der Waals surface area contributed by atoms with E-state index in [0.717, 1.165) is 7.11 Å². The highest BCUT2D eigenvalue weighted by molar-refractivity contribution is 8.10. The van der Waals surface area contributed by atoms with Crippen LogP contribution in [-0.2, 0) is 37.1 Å². The van der Waals surface area contributed by atoms with Crippen LogP contribution in [0.15, 0.2) is 63.7 Å². The Morgan fingerprint density at radius 2 is 1.16 bits per heavy atom. The maximum Gasteiger partial charge on any atom is 0.416 e. The Labute approximate surface area is 211 Å². The van der Waals surface area contributed by atoms with Crippen LogP contribution in [0.2, 0.25) is 0 Å². The van der Waals surface area contributed by atoms with Crippen molar-refractivity contribution >= 4 is 43.0 Å². The number of carbonyl (C=O) groups is 1. The number of carbonyl (C=O) groups excluding carboxylic acids is 1. The fraction of sp³-hybridized carbons (Fsp3) is 0.190. The van der Waals surface area contributed by atoms with E-state index in [4.69, 9.17) is 0 Å². The zero-order valence-electron chi connectivity index (χ0n) is 18.6. The van der Waals surface area contributed by atoms with E-state index in [0.29, 0.717) is 59.9 Å². The second kappa shape index (κ2) is 9.64. The Kier molecular flexibility index (Phi) is 7.42. The zero-order chi connectivity index (χ0) is 28.0. The lowest BCUT2D eigenvalue weighted by Gasteiger charge is -2.25. The molecule has 3 aromatic rings. The molecule has 0 unspecified atom stereocenters. The van der Waals surface area contributed by atoms with Gasteiger partial charge in [-0.15, -0.1) is 11.3 Å². The highest BCUT2D eigenvalue weighted by atomic mass is 32.3. The number of nitrogens with zero attached hydrogens (tertiary/aromatic N) is 1. The molecule has 0 atom stereocenters. The molecule has 16 heteroatoms. The van der Waals surface area contributed by atoms with E-state index in [1.54, 1.807) is 0 Å². The van der Waals surface area contributed by atoms with Crippen molar-refractivity contribution in [3.63, 3.8) is 0 Å². The van der Waals surface area contributed by atoms with Gasteiger partial charge >= 0.3 is 18.3 Å². The van der Waals surface area contributed by atoms with Gasteiger partial charge in [-0.1, -0.05) is 0 Å². The molecule has 0 bridgehead atoms. The minimum atomic E-state index is -5.26. The molecule has 0 aliphatic carbocycles. The second-order valence-corrected chi connectivity index (χ2v) is 12.0. The first kappa shape index (κ1) is 28.5. The Hall–Kier alpha value is -3.11. The number of halogens is 6. The van der Waals surface area contributed by atoms with E-state index in [-0.39, 0.29) is 9.27 Å². The number of alkyl halides is 6. The van der Waals surface area contributed by atoms with Gasteiger partial charge < -0.3 is 4.74 Å². The van der Waals surface area contributed by atoms with Gasteiger partial charge in [-0.05, 0) is 66.4 Å². The summed E-state index contributed by atoms with van der Waals surface area (Å²) in [5.74, 6) is -1.12. The Morgan fingerprint density at radius 1 is 0.784 bits per heavy atom. The molecule has 0 fully saturated rings. The van der Waals surface area contributed by atoms with Crippen molar-refractivity contribution in [2.45, 2.75) is 29.1 Å². The number of aryl methyl sites for hydroxylation is 1. The average Bonchev–Trinajstić information content (AvgIpc) is 3.18. The fourth-order valence-electron chi connectivity index (χ4n) is 3.10. The third kappa shape index (κ3) is 5.45. The fourth-order valence-corrected chi connectivity index (χ4v) is 8.00. The van der Waals surface area contributed by atoms with Gasteiger partial charge in [0.25, 0.3) is 20.0 Å². The molecular weight excluding hydrogens is 572 g/mol. The van der Waals surface area contributed by atoms with E-state index in [9.17, 15) is 48.0 Å². The summed E-state index contributed by atoms with van der Waals surface area (Å²) < 4.78 is 137. The molecule has 7 nitrogen and oxygen atoms in total. The lowest BCUT2D eigenvalue weighted by atomic mass is 10.2. The van der Waals surface area contributed by atoms with E-state index in [1.807, 2.05) is 0 Å². The van der Waals surface area contributed by atoms with Crippen molar-refractivity contribution in [3.8, 4) is 0 Å². The van der Waals surface area contributed by atoms with Crippen LogP contribution in [-0.4, -0.2) is 29.9 Å². The van der Waals surface area contributed by atoms with Crippen molar-refractivity contribution in [3.05, 3.63) is 75.5 Å². The summed E-state index contributed by atoms with van der Waals surface area (Å²) >= 11 is 0.629. The summed E-state index contributed by atoms with van der Waals surface area (Å²) in [4.78, 5) is 10.0. The smallest absolute Gasteiger partial charge is 0.416 e. The molecule has 0 radical (unpaired) electrons. The second-order valence-electron chi connectivity index (χ2n) is 7.34. The quantitative estimate of drug-likeness (QED) is 0.281. The number of benzene rings is 2. The monoisotopic (exact) mass is 587 g/mol. The maximum atomic E-state index is 13.6. The number of thiophene rings is 1. The minimum absolute atomic E-state index is 0.0450. The van der Waals surface area contributed by atoms with Crippen LogP contribution in [0.25, 0.3) is 0 Å². The molecule has 0 amide bonds. The molecule has 2 aromatic carbocycles. The van der Waals surface area contributed by atoms with E-state index in [1.165, 1.54) is 12.3 Å². The summed E-state index contributed by atoms with van der Waals surface area (Å²) in [5, 5.41) is 1.24. The lowest BCUT2D eigenvalue weighted by molar-refractivity contribution is -0.138. The molecule has 0 aliphatic rings. The standard InChI is InChI=1S/C21H15F6NO6S3/c1-12-11-35-18(19(29)34-2)17(12)28(36(30,31)15-7-3-13(4-8-15)20(22,23)24)37(32,33)16-9-5-14(6-10-16)21(25,26)27/h3-11H,1-2H3. The van der Waals surface area contributed by atoms with Gasteiger partial charge in [0, 0.05) is 0 Å². The van der Waals surface area contributed by atoms with Crippen LogP contribution in [0, 0.1) is 6.92 Å². The van der Waals surface area contributed by atoms with Gasteiger partial charge in [0.15, 0.2) is 0 Å². The van der Waals surface area contributed by atoms with Crippen molar-refractivity contribution in [2.24, 2.45) is 0 Å². The summed E-state index contributed by atoms with van der Waals surface area (Å²) in [6, 6.07) is 3.74. The van der Waals surface area contributed by atoms with E-state index in [2.05, 4.69) is 4.74 Å². The molecule has 37 heavy (non-hydrogen) atoms. The molecule has 0 saturated carbocycles. The number of hydrogen-bond donors (Lipinski definition) is 0. The minimum Gasteiger partial charge on any atom is -0.465 e. The van der Waals surface area contributed by atoms with Crippen molar-refractivity contribution < 1.29 is 52.7 Å². The number of anilines is 1. The van der Waals surface area contributed by atoms with Crippen molar-refractivity contribution in [1.29, 1.82) is 0 Å². The predicted molar refractivity (Wildman–Crippen MR) is 120 cm³/mol. The van der Waals surface area contributed by atoms with Crippen LogP contribution in [0.1, 0.15) is 26.4 Å². The molecule has 3 rings (SSSR count). The summed E-state index contributed by atoms with van der Waals surface area (Å²) in [5.41, 5.74) is -3.16. The number of methoxy groups -OCH3 is 1. The van der Waals surface area contributed by atoms with Crippen LogP contribution < -0.4 is 3.71 Å². The Balaban J connectivity index is 2.30. The molecule has 1 aromatic heterocycles. The summed E-state index contributed by atoms with van der Waals surface area (Å²) in [7, 11) is -9.58. The molecule has 200 valence electrons. The number of ether oxygens (including phenoxy) is 1. The maximum absolute atomic E-state index is 13.6. The molecule has 0 N–H and O–H groups in total. The number of hydrogen-bond acceptors (Lipinski definition) is 7. The number of sulfonamides is 2. The highest BCUT2D eigenvalue weighted by Gasteiger charge is 2.42. The van der Waals surface area contributed by atoms with E-state index < -0.39 is 69.9 Å². The Morgan fingerprint density at radius 3 is 1.49 bits per heavy atom. The van der Waals surface area contributed by atoms with Crippen LogP contribution in [0.3, 0.4) is 0 Å². The lowest BCUT2D eigenvalue weighted by Crippen LogP contribution is -2.38. The van der Waals surface area contributed by atoms with Crippen molar-refractivity contribution in [1.82, 2.24) is 0 Å². The molecule has 0 saturated heterocycles. The molecule has 0 aliphatic heterocycles. The van der Waals surface area contributed by atoms with Gasteiger partial charge in [-0.2, -0.15) is 30.1 Å². The van der Waals surface area contributed by atoms with E-state index >= 15 is 0 Å². The van der Waals surface area contributed by atoms with Gasteiger partial charge in [0.2, 0.25) is 0 Å². The number of esters is 1. The van der Waals surface area contributed by atoms with Gasteiger partial charge in [-0.25, -0.2) is 21.6 Å². The Bertz CT molecular complexity index is 1440. The van der Waals surface area contributed by atoms with Gasteiger partial charge in [0.05, 0.1) is 33.7 Å².